The lowest BCUT2D eigenvalue weighted by Gasteiger charge is -2.31. The maximum Gasteiger partial charge on any atom is 0.234 e. The van der Waals surface area contributed by atoms with Gasteiger partial charge in [0.25, 0.3) is 0 Å². The van der Waals surface area contributed by atoms with E-state index in [1.807, 2.05) is 0 Å². The van der Waals surface area contributed by atoms with E-state index in [2.05, 4.69) is 22.2 Å². The molecule has 0 bridgehead atoms. The number of rotatable bonds is 8. The van der Waals surface area contributed by atoms with Crippen LogP contribution in [0.4, 0.5) is 0 Å². The second kappa shape index (κ2) is 9.53. The van der Waals surface area contributed by atoms with Gasteiger partial charge >= 0.3 is 0 Å². The van der Waals surface area contributed by atoms with E-state index in [4.69, 9.17) is 0 Å². The topological polar surface area (TPSA) is 73.0 Å². The summed E-state index contributed by atoms with van der Waals surface area (Å²) in [4.78, 5) is 40.3. The van der Waals surface area contributed by atoms with Crippen LogP contribution in [-0.4, -0.2) is 92.2 Å². The van der Waals surface area contributed by atoms with Crippen LogP contribution >= 0.6 is 0 Å². The molecule has 22 heavy (non-hydrogen) atoms. The lowest BCUT2D eigenvalue weighted by atomic mass is 10.5. The maximum atomic E-state index is 11.8. The van der Waals surface area contributed by atoms with Crippen LogP contribution in [0.15, 0.2) is 0 Å². The number of hydrogen-bond acceptors (Lipinski definition) is 5. The Balaban J connectivity index is 2.13. The maximum absolute atomic E-state index is 11.8. The van der Waals surface area contributed by atoms with Crippen molar-refractivity contribution in [3.05, 3.63) is 0 Å². The summed E-state index contributed by atoms with van der Waals surface area (Å²) in [7, 11) is 3.77. The smallest absolute Gasteiger partial charge is 0.234 e. The van der Waals surface area contributed by atoms with Gasteiger partial charge in [-0.2, -0.15) is 0 Å². The van der Waals surface area contributed by atoms with Crippen molar-refractivity contribution >= 4 is 17.6 Å². The highest BCUT2D eigenvalue weighted by molar-refractivity contribution is 5.83. The molecule has 2 amide bonds. The van der Waals surface area contributed by atoms with Crippen molar-refractivity contribution < 1.29 is 14.4 Å². The Labute approximate surface area is 132 Å². The van der Waals surface area contributed by atoms with Crippen molar-refractivity contribution in [3.63, 3.8) is 0 Å². The number of carbonyl (C=O) groups is 3. The number of likely N-dealkylation sites (N-methyl/N-ethyl adjacent to an activating group) is 2. The highest BCUT2D eigenvalue weighted by atomic mass is 16.2. The van der Waals surface area contributed by atoms with E-state index in [0.29, 0.717) is 19.6 Å². The average Bonchev–Trinajstić information content (AvgIpc) is 2.47. The van der Waals surface area contributed by atoms with Crippen LogP contribution in [0, 0.1) is 0 Å². The first-order chi connectivity index (χ1) is 10.4. The first-order valence-corrected chi connectivity index (χ1v) is 7.79. The average molecular weight is 320 g/mol. The van der Waals surface area contributed by atoms with Crippen molar-refractivity contribution in [2.45, 2.75) is 19.8 Å². The normalized spacial score (nSPS) is 16.3. The molecular weight excluding hydrogens is 292 g/mol. The largest absolute Gasteiger partial charge is 0.353 e. The summed E-state index contributed by atoms with van der Waals surface area (Å²) in [5.41, 5.74) is 0. The van der Waals surface area contributed by atoms with Crippen LogP contribution in [0.5, 0.6) is 0 Å². The summed E-state index contributed by atoms with van der Waals surface area (Å²) in [6.07, 6.45) is 0.514. The second-order valence-electron chi connectivity index (χ2n) is 5.95. The molecule has 1 fully saturated rings. The minimum absolute atomic E-state index is 0.00543. The number of ketones is 1. The number of amides is 2. The third-order valence-corrected chi connectivity index (χ3v) is 3.85. The van der Waals surface area contributed by atoms with Gasteiger partial charge in [0.2, 0.25) is 11.8 Å². The van der Waals surface area contributed by atoms with Crippen LogP contribution in [0.25, 0.3) is 0 Å². The third kappa shape index (κ3) is 7.51. The number of carbonyl (C=O) groups excluding carboxylic acids is 3. The van der Waals surface area contributed by atoms with Gasteiger partial charge < -0.3 is 19.9 Å². The monoisotopic (exact) mass is 320 g/mol. The van der Waals surface area contributed by atoms with Crippen molar-refractivity contribution in [1.29, 1.82) is 0 Å². The third-order valence-electron chi connectivity index (χ3n) is 3.85. The van der Waals surface area contributed by atoms with Gasteiger partial charge in [0.1, 0.15) is 5.78 Å². The van der Waals surface area contributed by atoms with Crippen LogP contribution < -0.4 is 5.32 Å². The molecule has 1 rings (SSSR count). The molecule has 126 valence electrons. The molecule has 0 aromatic rings. The Morgan fingerprint density at radius 3 is 2.32 bits per heavy atom. The minimum atomic E-state index is -0.0662. The zero-order valence-electron chi connectivity index (χ0n) is 13.9. The van der Waals surface area contributed by atoms with Gasteiger partial charge in [0.15, 0.2) is 0 Å². The van der Waals surface area contributed by atoms with E-state index in [1.165, 1.54) is 6.92 Å². The van der Waals surface area contributed by atoms with Crippen LogP contribution in [-0.2, 0) is 14.4 Å². The molecule has 0 saturated carbocycles. The molecule has 0 spiro atoms. The van der Waals surface area contributed by atoms with E-state index >= 15 is 0 Å². The van der Waals surface area contributed by atoms with Gasteiger partial charge in [0.05, 0.1) is 6.54 Å². The molecule has 1 aliphatic rings. The van der Waals surface area contributed by atoms with Gasteiger partial charge in [-0.25, -0.2) is 0 Å². The van der Waals surface area contributed by atoms with E-state index in [1.54, 1.807) is 11.9 Å². The number of hydrogen-bond donors (Lipinski definition) is 1. The molecule has 0 aromatic heterocycles. The molecule has 0 aromatic carbocycles. The summed E-state index contributed by atoms with van der Waals surface area (Å²) >= 11 is 0. The van der Waals surface area contributed by atoms with Crippen molar-refractivity contribution in [2.75, 3.05) is 59.9 Å². The quantitative estimate of drug-likeness (QED) is 0.467. The molecule has 1 saturated heterocycles. The summed E-state index contributed by atoms with van der Waals surface area (Å²) in [6.45, 7) is 6.59. The molecule has 7 nitrogen and oxygen atoms in total. The van der Waals surface area contributed by atoms with Crippen molar-refractivity contribution in [2.24, 2.45) is 0 Å². The molecule has 1 heterocycles. The standard InChI is InChI=1S/C15H28N4O3/c1-13(20)4-5-15(22)18(3)7-6-16-14(21)12-19-10-8-17(2)9-11-19/h4-12H2,1-3H3,(H,16,21)/i2+1,8+1,10+1,12+1,13+1,15+1,17+1,19+1. The molecule has 7 heteroatoms. The molecule has 1 aliphatic heterocycles. The highest BCUT2D eigenvalue weighted by Gasteiger charge is 2.16. The van der Waals surface area contributed by atoms with E-state index in [-0.39, 0.29) is 30.4 Å². The van der Waals surface area contributed by atoms with E-state index < -0.39 is 0 Å². The van der Waals surface area contributed by atoms with Crippen LogP contribution in [0.2, 0.25) is 0 Å². The first-order valence-electron chi connectivity index (χ1n) is 7.79. The Morgan fingerprint density at radius 2 is 1.73 bits per heavy atom. The number of nitrogens with one attached hydrogen (secondary N) is 1. The van der Waals surface area contributed by atoms with E-state index in [9.17, 15) is 14.4 Å². The summed E-state index contributed by atoms with van der Waals surface area (Å²) in [5.74, 6) is -0.0557. The first kappa shape index (κ1) is 18.6. The molecule has 1 N–H and O–H groups in total. The zero-order valence-corrected chi connectivity index (χ0v) is 13.9. The Bertz CT molecular complexity index is 392. The Hall–Kier alpha value is -1.47. The Kier molecular flexibility index (Phi) is 8.05. The minimum Gasteiger partial charge on any atom is -0.353 e. The van der Waals surface area contributed by atoms with Crippen molar-refractivity contribution in [3.8, 4) is 0 Å². The fourth-order valence-corrected chi connectivity index (χ4v) is 2.23. The van der Waals surface area contributed by atoms with Gasteiger partial charge in [-0.15, -0.1) is 0 Å². The van der Waals surface area contributed by atoms with Crippen molar-refractivity contribution in [1.82, 2.24) is 20.0 Å². The lowest BCUT2D eigenvalue weighted by Crippen LogP contribution is -2.48. The highest BCUT2D eigenvalue weighted by Crippen LogP contribution is 1.98. The predicted molar refractivity (Wildman–Crippen MR) is 84.5 cm³/mol. The molecule has 0 radical (unpaired) electrons. The van der Waals surface area contributed by atoms with Gasteiger partial charge in [-0.1, -0.05) is 0 Å². The van der Waals surface area contributed by atoms with E-state index in [0.717, 1.165) is 26.2 Å². The summed E-state index contributed by atoms with van der Waals surface area (Å²) in [6, 6.07) is 0. The lowest BCUT2D eigenvalue weighted by molar-refractivity contribution is -0.132. The summed E-state index contributed by atoms with van der Waals surface area (Å²) in [5, 5.41) is 2.84. The number of piperazine rings is 1. The molecule has 0 atom stereocenters. The molecule has 0 unspecified atom stereocenters. The fraction of sp³-hybridized carbons (Fsp3) is 0.800. The molecule has 0 aliphatic carbocycles. The van der Waals surface area contributed by atoms with Crippen LogP contribution in [0.3, 0.4) is 0 Å². The second-order valence-corrected chi connectivity index (χ2v) is 5.95. The predicted octanol–water partition coefficient (Wildman–Crippen LogP) is -0.822. The fourth-order valence-electron chi connectivity index (χ4n) is 2.23. The van der Waals surface area contributed by atoms with Gasteiger partial charge in [-0.3, -0.25) is 14.5 Å². The molecular formula is C15H28N4O3. The zero-order chi connectivity index (χ0) is 16.5. The number of nitrogens with zero attached hydrogens (tertiary/aromatic N) is 3. The number of Topliss-reactive ketones (excluding diaryl/α,β-unsaturated/α-hetero) is 1. The van der Waals surface area contributed by atoms with Gasteiger partial charge in [-0.05, 0) is 14.0 Å². The van der Waals surface area contributed by atoms with Crippen LogP contribution in [0.1, 0.15) is 19.8 Å². The Morgan fingerprint density at radius 1 is 1.09 bits per heavy atom. The summed E-state index contributed by atoms with van der Waals surface area (Å²) < 4.78 is 0. The van der Waals surface area contributed by atoms with Gasteiger partial charge in [0, 0.05) is 59.2 Å². The SMILES string of the molecule is C[13C](=O)CC[13C](=O)N(C)CCNC(=O)[13CH2][15N]1CC[15N]([13CH3])[13CH2][13CH2]1.